The van der Waals surface area contributed by atoms with E-state index in [9.17, 15) is 13.2 Å². The van der Waals surface area contributed by atoms with Gasteiger partial charge in [-0.1, -0.05) is 11.6 Å². The number of thiazole rings is 1. The number of aromatic nitrogens is 1. The largest absolute Gasteiger partial charge is 0.336 e. The summed E-state index contributed by atoms with van der Waals surface area (Å²) in [5.41, 5.74) is 0.434. The second-order valence-corrected chi connectivity index (χ2v) is 10.4. The molecule has 0 spiro atoms. The van der Waals surface area contributed by atoms with Gasteiger partial charge in [-0.3, -0.25) is 4.79 Å². The average molecular weight is 450 g/mol. The van der Waals surface area contributed by atoms with Crippen LogP contribution >= 0.6 is 38.9 Å². The molecule has 0 bridgehead atoms. The van der Waals surface area contributed by atoms with Crippen molar-refractivity contribution in [3.05, 3.63) is 49.8 Å². The smallest absolute Gasteiger partial charge is 0.253 e. The third-order valence-electron chi connectivity index (χ3n) is 4.15. The molecule has 1 fully saturated rings. The van der Waals surface area contributed by atoms with Gasteiger partial charge < -0.3 is 4.90 Å². The molecule has 0 aliphatic carbocycles. The molecule has 5 nitrogen and oxygen atoms in total. The first kappa shape index (κ1) is 17.8. The number of benzene rings is 1. The molecule has 0 unspecified atom stereocenters. The second-order valence-electron chi connectivity index (χ2n) is 5.74. The number of rotatable bonds is 2. The summed E-state index contributed by atoms with van der Waals surface area (Å²) in [6.07, 6.45) is 1.58. The van der Waals surface area contributed by atoms with Crippen molar-refractivity contribution in [1.29, 1.82) is 0 Å². The topological polar surface area (TPSA) is 67.3 Å². The molecule has 128 valence electrons. The van der Waals surface area contributed by atoms with Crippen molar-refractivity contribution >= 4 is 54.6 Å². The SMILES string of the molecule is C[C@@]1(c2nccs2)CN(C(=O)c2ccc(Br)c(Cl)c2)CCS1(=O)=O. The Morgan fingerprint density at radius 1 is 1.46 bits per heavy atom. The number of nitrogens with zero attached hydrogens (tertiary/aromatic N) is 2. The molecule has 1 aromatic heterocycles. The lowest BCUT2D eigenvalue weighted by Gasteiger charge is -2.38. The third-order valence-corrected chi connectivity index (χ3v) is 8.96. The molecule has 2 aromatic rings. The zero-order valence-corrected chi connectivity index (χ0v) is 16.7. The molecular formula is C15H14BrClN2O3S2. The predicted octanol–water partition coefficient (Wildman–Crippen LogP) is 3.35. The first-order chi connectivity index (χ1) is 11.2. The monoisotopic (exact) mass is 448 g/mol. The van der Waals surface area contributed by atoms with E-state index in [1.807, 2.05) is 0 Å². The fourth-order valence-electron chi connectivity index (χ4n) is 2.67. The summed E-state index contributed by atoms with van der Waals surface area (Å²) in [7, 11) is -3.39. The Morgan fingerprint density at radius 3 is 2.83 bits per heavy atom. The van der Waals surface area contributed by atoms with E-state index in [4.69, 9.17) is 11.6 Å². The highest BCUT2D eigenvalue weighted by molar-refractivity contribution is 9.10. The fourth-order valence-corrected chi connectivity index (χ4v) is 5.89. The van der Waals surface area contributed by atoms with Crippen molar-refractivity contribution in [2.24, 2.45) is 0 Å². The van der Waals surface area contributed by atoms with E-state index in [0.29, 0.717) is 20.1 Å². The summed E-state index contributed by atoms with van der Waals surface area (Å²) in [5, 5.41) is 2.69. The molecule has 1 aliphatic heterocycles. The molecule has 1 saturated heterocycles. The van der Waals surface area contributed by atoms with E-state index < -0.39 is 14.6 Å². The zero-order valence-electron chi connectivity index (χ0n) is 12.7. The average Bonchev–Trinajstić information content (AvgIpc) is 3.07. The minimum absolute atomic E-state index is 0.0787. The number of carbonyl (C=O) groups is 1. The van der Waals surface area contributed by atoms with Crippen LogP contribution in [0.25, 0.3) is 0 Å². The molecule has 9 heteroatoms. The van der Waals surface area contributed by atoms with Crippen molar-refractivity contribution < 1.29 is 13.2 Å². The molecule has 3 rings (SSSR count). The van der Waals surface area contributed by atoms with E-state index in [2.05, 4.69) is 20.9 Å². The van der Waals surface area contributed by atoms with Gasteiger partial charge in [0.25, 0.3) is 5.91 Å². The van der Waals surface area contributed by atoms with Gasteiger partial charge in [0.05, 0.1) is 10.8 Å². The number of sulfone groups is 1. The summed E-state index contributed by atoms with van der Waals surface area (Å²) in [4.78, 5) is 18.5. The van der Waals surface area contributed by atoms with Crippen LogP contribution in [0.2, 0.25) is 5.02 Å². The van der Waals surface area contributed by atoms with Crippen LogP contribution in [0.4, 0.5) is 0 Å². The Labute approximate surface area is 157 Å². The Bertz CT molecular complexity index is 886. The van der Waals surface area contributed by atoms with Gasteiger partial charge in [0, 0.05) is 34.7 Å². The molecule has 1 atom stereocenters. The number of halogens is 2. The zero-order chi connectivity index (χ0) is 17.5. The van der Waals surface area contributed by atoms with Gasteiger partial charge in [0.2, 0.25) is 0 Å². The maximum absolute atomic E-state index is 12.8. The lowest BCUT2D eigenvalue weighted by molar-refractivity contribution is 0.0739. The lowest BCUT2D eigenvalue weighted by Crippen LogP contribution is -2.54. The van der Waals surface area contributed by atoms with Crippen LogP contribution in [0.3, 0.4) is 0 Å². The molecule has 0 radical (unpaired) electrons. The van der Waals surface area contributed by atoms with Gasteiger partial charge in [-0.25, -0.2) is 13.4 Å². The van der Waals surface area contributed by atoms with Crippen LogP contribution in [0.1, 0.15) is 22.3 Å². The summed E-state index contributed by atoms with van der Waals surface area (Å²) < 4.78 is 24.7. The second kappa shape index (κ2) is 6.40. The molecule has 2 heterocycles. The van der Waals surface area contributed by atoms with E-state index in [1.54, 1.807) is 41.6 Å². The summed E-state index contributed by atoms with van der Waals surface area (Å²) in [6, 6.07) is 4.95. The Hall–Kier alpha value is -0.960. The van der Waals surface area contributed by atoms with Crippen LogP contribution in [0.5, 0.6) is 0 Å². The molecular weight excluding hydrogens is 436 g/mol. The van der Waals surface area contributed by atoms with Crippen LogP contribution < -0.4 is 0 Å². The van der Waals surface area contributed by atoms with Crippen LogP contribution in [0, 0.1) is 0 Å². The van der Waals surface area contributed by atoms with Crippen molar-refractivity contribution in [2.45, 2.75) is 11.7 Å². The Morgan fingerprint density at radius 2 is 2.21 bits per heavy atom. The highest BCUT2D eigenvalue weighted by atomic mass is 79.9. The Kier molecular flexibility index (Phi) is 4.76. The molecule has 0 saturated carbocycles. The van der Waals surface area contributed by atoms with Gasteiger partial charge in [-0.15, -0.1) is 11.3 Å². The summed E-state index contributed by atoms with van der Waals surface area (Å²) in [6.45, 7) is 1.88. The van der Waals surface area contributed by atoms with Crippen molar-refractivity contribution in [2.75, 3.05) is 18.8 Å². The minimum Gasteiger partial charge on any atom is -0.336 e. The van der Waals surface area contributed by atoms with E-state index in [0.717, 1.165) is 0 Å². The van der Waals surface area contributed by atoms with Gasteiger partial charge in [-0.05, 0) is 41.1 Å². The normalized spacial score (nSPS) is 23.2. The van der Waals surface area contributed by atoms with Gasteiger partial charge in [-0.2, -0.15) is 0 Å². The molecule has 0 N–H and O–H groups in total. The lowest BCUT2D eigenvalue weighted by atomic mass is 10.1. The maximum Gasteiger partial charge on any atom is 0.253 e. The quantitative estimate of drug-likeness (QED) is 0.705. The van der Waals surface area contributed by atoms with Crippen molar-refractivity contribution in [3.63, 3.8) is 0 Å². The highest BCUT2D eigenvalue weighted by Gasteiger charge is 2.48. The number of hydrogen-bond acceptors (Lipinski definition) is 5. The van der Waals surface area contributed by atoms with E-state index in [1.165, 1.54) is 11.3 Å². The Balaban J connectivity index is 1.93. The minimum atomic E-state index is -3.39. The van der Waals surface area contributed by atoms with Gasteiger partial charge >= 0.3 is 0 Å². The molecule has 1 aromatic carbocycles. The van der Waals surface area contributed by atoms with E-state index >= 15 is 0 Å². The fraction of sp³-hybridized carbons (Fsp3) is 0.333. The summed E-state index contributed by atoms with van der Waals surface area (Å²) in [5.74, 6) is -0.318. The molecule has 1 aliphatic rings. The highest BCUT2D eigenvalue weighted by Crippen LogP contribution is 2.36. The summed E-state index contributed by atoms with van der Waals surface area (Å²) >= 11 is 10.6. The maximum atomic E-state index is 12.8. The van der Waals surface area contributed by atoms with Crippen LogP contribution in [-0.2, 0) is 14.6 Å². The first-order valence-electron chi connectivity index (χ1n) is 7.11. The van der Waals surface area contributed by atoms with Gasteiger partial charge in [0.15, 0.2) is 9.84 Å². The third kappa shape index (κ3) is 3.00. The molecule has 24 heavy (non-hydrogen) atoms. The number of amides is 1. The van der Waals surface area contributed by atoms with Crippen LogP contribution in [0.15, 0.2) is 34.2 Å². The van der Waals surface area contributed by atoms with E-state index in [-0.39, 0.29) is 24.7 Å². The van der Waals surface area contributed by atoms with Gasteiger partial charge in [0.1, 0.15) is 9.75 Å². The number of hydrogen-bond donors (Lipinski definition) is 0. The van der Waals surface area contributed by atoms with Crippen molar-refractivity contribution in [3.8, 4) is 0 Å². The van der Waals surface area contributed by atoms with Crippen molar-refractivity contribution in [1.82, 2.24) is 9.88 Å². The predicted molar refractivity (Wildman–Crippen MR) is 98.3 cm³/mol. The standard InChI is InChI=1S/C15H14BrClN2O3S2/c1-15(14-18-4-6-23-14)9-19(5-7-24(15,21)22)13(20)10-2-3-11(16)12(17)8-10/h2-4,6,8H,5,7,9H2,1H3/t15-/m0/s1. The van der Waals surface area contributed by atoms with Crippen LogP contribution in [-0.4, -0.2) is 43.1 Å². The first-order valence-corrected chi connectivity index (χ1v) is 10.8. The number of carbonyl (C=O) groups excluding carboxylic acids is 1. The molecule has 1 amide bonds.